The molecule has 4 heteroatoms. The Hall–Kier alpha value is 0.0700. The van der Waals surface area contributed by atoms with E-state index in [0.29, 0.717) is 11.5 Å². The molecule has 3 nitrogen and oxygen atoms in total. The topological polar surface area (TPSA) is 46.5 Å². The Balaban J connectivity index is 2.40. The lowest BCUT2D eigenvalue weighted by atomic mass is 10.2. The lowest BCUT2D eigenvalue weighted by molar-refractivity contribution is -0.0383. The van der Waals surface area contributed by atoms with Gasteiger partial charge in [0, 0.05) is 10.8 Å². The largest absolute Gasteiger partial charge is 0.389 e. The van der Waals surface area contributed by atoms with Gasteiger partial charge in [0.25, 0.3) is 0 Å². The van der Waals surface area contributed by atoms with Gasteiger partial charge in [-0.1, -0.05) is 0 Å². The lowest BCUT2D eigenvalue weighted by Crippen LogP contribution is -2.29. The van der Waals surface area contributed by atoms with Crippen molar-refractivity contribution >= 4 is 10.8 Å². The minimum absolute atomic E-state index is 0.102. The zero-order valence-corrected chi connectivity index (χ0v) is 7.63. The summed E-state index contributed by atoms with van der Waals surface area (Å²) in [5, 5.41) is 9.29. The van der Waals surface area contributed by atoms with E-state index in [0.717, 1.165) is 0 Å². The highest BCUT2D eigenvalue weighted by atomic mass is 32.2. The minimum Gasteiger partial charge on any atom is -0.389 e. The Morgan fingerprint density at radius 2 is 2.18 bits per heavy atom. The molecule has 0 bridgehead atoms. The number of aliphatic hydroxyl groups excluding tert-OH is 1. The van der Waals surface area contributed by atoms with Gasteiger partial charge in [0.2, 0.25) is 0 Å². The van der Waals surface area contributed by atoms with Gasteiger partial charge < -0.3 is 9.84 Å². The lowest BCUT2D eigenvalue weighted by Gasteiger charge is -2.16. The van der Waals surface area contributed by atoms with Crippen molar-refractivity contribution in [3.8, 4) is 0 Å². The standard InChI is InChI=1S/C7H14O3S/c1-5(2)10-7-4-11(9)3-6(7)8/h5-8H,3-4H2,1-2H3/t6-,7-,11?/m0/s1. The maximum atomic E-state index is 10.9. The molecule has 1 unspecified atom stereocenters. The average molecular weight is 178 g/mol. The Kier molecular flexibility index (Phi) is 3.04. The molecular formula is C7H14O3S. The fourth-order valence-corrected chi connectivity index (χ4v) is 2.54. The molecule has 66 valence electrons. The van der Waals surface area contributed by atoms with Crippen molar-refractivity contribution in [3.63, 3.8) is 0 Å². The van der Waals surface area contributed by atoms with E-state index in [1.807, 2.05) is 13.8 Å². The van der Waals surface area contributed by atoms with Crippen molar-refractivity contribution in [1.29, 1.82) is 0 Å². The number of hydrogen-bond donors (Lipinski definition) is 1. The van der Waals surface area contributed by atoms with E-state index in [-0.39, 0.29) is 12.2 Å². The molecule has 1 heterocycles. The normalized spacial score (nSPS) is 38.4. The second kappa shape index (κ2) is 3.65. The smallest absolute Gasteiger partial charge is 0.0961 e. The fraction of sp³-hybridized carbons (Fsp3) is 1.00. The van der Waals surface area contributed by atoms with E-state index in [4.69, 9.17) is 4.74 Å². The van der Waals surface area contributed by atoms with Crippen LogP contribution in [0, 0.1) is 0 Å². The molecule has 1 aliphatic rings. The van der Waals surface area contributed by atoms with E-state index in [1.54, 1.807) is 0 Å². The Morgan fingerprint density at radius 1 is 1.55 bits per heavy atom. The van der Waals surface area contributed by atoms with Gasteiger partial charge in [-0.2, -0.15) is 0 Å². The van der Waals surface area contributed by atoms with Crippen LogP contribution in [0.2, 0.25) is 0 Å². The second-order valence-corrected chi connectivity index (χ2v) is 4.61. The summed E-state index contributed by atoms with van der Waals surface area (Å²) in [7, 11) is -0.874. The van der Waals surface area contributed by atoms with Gasteiger partial charge in [0.05, 0.1) is 29.8 Å². The predicted molar refractivity (Wildman–Crippen MR) is 43.9 cm³/mol. The summed E-state index contributed by atoms with van der Waals surface area (Å²) >= 11 is 0. The highest BCUT2D eigenvalue weighted by molar-refractivity contribution is 7.85. The molecule has 0 amide bonds. The Bertz CT molecular complexity index is 158. The molecule has 0 radical (unpaired) electrons. The van der Waals surface area contributed by atoms with Crippen LogP contribution in [0.3, 0.4) is 0 Å². The molecule has 0 aliphatic carbocycles. The van der Waals surface area contributed by atoms with Crippen LogP contribution >= 0.6 is 0 Å². The van der Waals surface area contributed by atoms with Gasteiger partial charge in [-0.15, -0.1) is 0 Å². The quantitative estimate of drug-likeness (QED) is 0.642. The zero-order chi connectivity index (χ0) is 8.43. The molecule has 0 aromatic heterocycles. The SMILES string of the molecule is CC(C)O[C@H]1CS(=O)C[C@@H]1O. The third kappa shape index (κ3) is 2.54. The van der Waals surface area contributed by atoms with E-state index >= 15 is 0 Å². The zero-order valence-electron chi connectivity index (χ0n) is 6.82. The van der Waals surface area contributed by atoms with Gasteiger partial charge in [-0.3, -0.25) is 4.21 Å². The fourth-order valence-electron chi connectivity index (χ4n) is 1.14. The first-order valence-electron chi connectivity index (χ1n) is 3.78. The maximum Gasteiger partial charge on any atom is 0.0961 e. The monoisotopic (exact) mass is 178 g/mol. The molecule has 11 heavy (non-hydrogen) atoms. The summed E-state index contributed by atoms with van der Waals surface area (Å²) in [4.78, 5) is 0. The van der Waals surface area contributed by atoms with E-state index in [9.17, 15) is 9.32 Å². The van der Waals surface area contributed by atoms with Crippen LogP contribution in [0.1, 0.15) is 13.8 Å². The van der Waals surface area contributed by atoms with E-state index < -0.39 is 16.9 Å². The first-order chi connectivity index (χ1) is 5.09. The van der Waals surface area contributed by atoms with Crippen LogP contribution in [0.25, 0.3) is 0 Å². The van der Waals surface area contributed by atoms with Crippen molar-refractivity contribution in [3.05, 3.63) is 0 Å². The van der Waals surface area contributed by atoms with Crippen LogP contribution in [0.15, 0.2) is 0 Å². The first kappa shape index (κ1) is 9.16. The molecule has 1 fully saturated rings. The minimum atomic E-state index is -0.874. The molecule has 1 saturated heterocycles. The molecule has 0 saturated carbocycles. The molecular weight excluding hydrogens is 164 g/mol. The third-order valence-corrected chi connectivity index (χ3v) is 3.00. The van der Waals surface area contributed by atoms with E-state index in [2.05, 4.69) is 0 Å². The third-order valence-electron chi connectivity index (χ3n) is 1.58. The maximum absolute atomic E-state index is 10.9. The van der Waals surface area contributed by atoms with Crippen molar-refractivity contribution < 1.29 is 14.1 Å². The molecule has 0 aromatic rings. The molecule has 3 atom stereocenters. The molecule has 1 aliphatic heterocycles. The predicted octanol–water partition coefficient (Wildman–Crippen LogP) is -0.0968. The van der Waals surface area contributed by atoms with Gasteiger partial charge in [0.15, 0.2) is 0 Å². The summed E-state index contributed by atoms with van der Waals surface area (Å²) in [5.41, 5.74) is 0. The summed E-state index contributed by atoms with van der Waals surface area (Å²) in [6.45, 7) is 3.82. The van der Waals surface area contributed by atoms with Crippen molar-refractivity contribution in [2.75, 3.05) is 11.5 Å². The van der Waals surface area contributed by atoms with Crippen molar-refractivity contribution in [1.82, 2.24) is 0 Å². The summed E-state index contributed by atoms with van der Waals surface area (Å²) < 4.78 is 16.3. The molecule has 1 rings (SSSR count). The van der Waals surface area contributed by atoms with Crippen molar-refractivity contribution in [2.45, 2.75) is 32.2 Å². The average Bonchev–Trinajstić information content (AvgIpc) is 2.09. The van der Waals surface area contributed by atoms with Gasteiger partial charge >= 0.3 is 0 Å². The van der Waals surface area contributed by atoms with E-state index in [1.165, 1.54) is 0 Å². The first-order valence-corrected chi connectivity index (χ1v) is 5.27. The van der Waals surface area contributed by atoms with Gasteiger partial charge in [0.1, 0.15) is 0 Å². The second-order valence-electron chi connectivity index (χ2n) is 3.06. The van der Waals surface area contributed by atoms with Gasteiger partial charge in [-0.25, -0.2) is 0 Å². The summed E-state index contributed by atoms with van der Waals surface area (Å²) in [5.74, 6) is 0.858. The number of ether oxygens (including phenoxy) is 1. The highest BCUT2D eigenvalue weighted by Crippen LogP contribution is 2.13. The van der Waals surface area contributed by atoms with Crippen LogP contribution in [-0.4, -0.2) is 39.1 Å². The van der Waals surface area contributed by atoms with Gasteiger partial charge in [-0.05, 0) is 13.8 Å². The number of rotatable bonds is 2. The number of hydrogen-bond acceptors (Lipinski definition) is 3. The summed E-state index contributed by atoms with van der Waals surface area (Å²) in [6, 6.07) is 0. The van der Waals surface area contributed by atoms with Crippen LogP contribution in [0.5, 0.6) is 0 Å². The highest BCUT2D eigenvalue weighted by Gasteiger charge is 2.31. The Labute approximate surface area is 69.2 Å². The number of aliphatic hydroxyl groups is 1. The van der Waals surface area contributed by atoms with Crippen LogP contribution in [0.4, 0.5) is 0 Å². The summed E-state index contributed by atoms with van der Waals surface area (Å²) in [6.07, 6.45) is -0.640. The van der Waals surface area contributed by atoms with Crippen molar-refractivity contribution in [2.24, 2.45) is 0 Å². The molecule has 0 aromatic carbocycles. The van der Waals surface area contributed by atoms with Crippen LogP contribution < -0.4 is 0 Å². The molecule has 1 N–H and O–H groups in total. The molecule has 0 spiro atoms. The van der Waals surface area contributed by atoms with Crippen LogP contribution in [-0.2, 0) is 15.5 Å². The Morgan fingerprint density at radius 3 is 2.55 bits per heavy atom.